The number of fused-ring (bicyclic) bond motifs is 3. The molecule has 0 radical (unpaired) electrons. The van der Waals surface area contributed by atoms with Gasteiger partial charge in [0, 0.05) is 28.3 Å². The molecule has 0 atom stereocenters. The molecular formula is C19H16N2O2S. The van der Waals surface area contributed by atoms with Gasteiger partial charge in [0.25, 0.3) is 5.91 Å². The van der Waals surface area contributed by atoms with Crippen LogP contribution in [0.4, 0.5) is 0 Å². The Balaban J connectivity index is 1.55. The van der Waals surface area contributed by atoms with E-state index in [9.17, 15) is 4.79 Å². The molecule has 0 saturated carbocycles. The molecule has 0 fully saturated rings. The van der Waals surface area contributed by atoms with Crippen LogP contribution < -0.4 is 5.32 Å². The zero-order valence-electron chi connectivity index (χ0n) is 13.2. The van der Waals surface area contributed by atoms with Crippen molar-refractivity contribution < 1.29 is 9.32 Å². The second kappa shape index (κ2) is 6.17. The van der Waals surface area contributed by atoms with Gasteiger partial charge in [0.05, 0.1) is 0 Å². The summed E-state index contributed by atoms with van der Waals surface area (Å²) < 4.78 is 5.48. The Morgan fingerprint density at radius 2 is 2.00 bits per heavy atom. The monoisotopic (exact) mass is 336 g/mol. The molecule has 24 heavy (non-hydrogen) atoms. The average molecular weight is 336 g/mol. The zero-order valence-corrected chi connectivity index (χ0v) is 14.0. The van der Waals surface area contributed by atoms with Gasteiger partial charge in [-0.05, 0) is 24.6 Å². The summed E-state index contributed by atoms with van der Waals surface area (Å²) in [4.78, 5) is 13.6. The normalized spacial score (nSPS) is 12.4. The van der Waals surface area contributed by atoms with E-state index in [1.807, 2.05) is 49.4 Å². The summed E-state index contributed by atoms with van der Waals surface area (Å²) in [5, 5.41) is 6.95. The minimum atomic E-state index is -0.194. The van der Waals surface area contributed by atoms with Crippen LogP contribution in [0.15, 0.2) is 57.9 Å². The van der Waals surface area contributed by atoms with Crippen molar-refractivity contribution in [1.82, 2.24) is 10.5 Å². The molecule has 120 valence electrons. The second-order valence-corrected chi connectivity index (χ2v) is 6.81. The van der Waals surface area contributed by atoms with Crippen molar-refractivity contribution in [2.24, 2.45) is 0 Å². The van der Waals surface area contributed by atoms with Crippen LogP contribution in [0.1, 0.15) is 27.2 Å². The van der Waals surface area contributed by atoms with Crippen LogP contribution >= 0.6 is 11.8 Å². The van der Waals surface area contributed by atoms with Gasteiger partial charge in [0.2, 0.25) is 0 Å². The number of hydrogen-bond acceptors (Lipinski definition) is 4. The second-order valence-electron chi connectivity index (χ2n) is 5.79. The van der Waals surface area contributed by atoms with E-state index < -0.39 is 0 Å². The number of aryl methyl sites for hydroxylation is 1. The molecule has 0 spiro atoms. The Hall–Kier alpha value is -2.53. The maximum atomic E-state index is 12.5. The summed E-state index contributed by atoms with van der Waals surface area (Å²) in [6, 6.07) is 16.1. The third-order valence-electron chi connectivity index (χ3n) is 4.08. The molecule has 5 heteroatoms. The molecule has 0 unspecified atom stereocenters. The zero-order chi connectivity index (χ0) is 16.5. The van der Waals surface area contributed by atoms with Gasteiger partial charge in [0.1, 0.15) is 0 Å². The fraction of sp³-hybridized carbons (Fsp3) is 0.158. The molecule has 1 N–H and O–H groups in total. The number of rotatable bonds is 3. The first kappa shape index (κ1) is 15.0. The van der Waals surface area contributed by atoms with Gasteiger partial charge in [0.15, 0.2) is 11.5 Å². The SMILES string of the molecule is Cc1ccc(CNC(=O)c2noc3c2CSc2ccccc2-3)cc1. The summed E-state index contributed by atoms with van der Waals surface area (Å²) in [5.74, 6) is 1.22. The summed E-state index contributed by atoms with van der Waals surface area (Å²) in [7, 11) is 0. The number of carbonyl (C=O) groups excluding carboxylic acids is 1. The van der Waals surface area contributed by atoms with E-state index in [-0.39, 0.29) is 5.91 Å². The quantitative estimate of drug-likeness (QED) is 0.779. The fourth-order valence-electron chi connectivity index (χ4n) is 2.74. The predicted molar refractivity (Wildman–Crippen MR) is 93.8 cm³/mol. The average Bonchev–Trinajstić information content (AvgIpc) is 3.05. The van der Waals surface area contributed by atoms with Gasteiger partial charge in [-0.2, -0.15) is 0 Å². The van der Waals surface area contributed by atoms with Crippen molar-refractivity contribution in [1.29, 1.82) is 0 Å². The number of hydrogen-bond donors (Lipinski definition) is 1. The van der Waals surface area contributed by atoms with Crippen LogP contribution in [0.3, 0.4) is 0 Å². The maximum Gasteiger partial charge on any atom is 0.274 e. The lowest BCUT2D eigenvalue weighted by atomic mass is 10.1. The first-order chi connectivity index (χ1) is 11.7. The summed E-state index contributed by atoms with van der Waals surface area (Å²) >= 11 is 1.70. The molecule has 2 heterocycles. The molecule has 3 aromatic rings. The Kier molecular flexibility index (Phi) is 3.86. The Morgan fingerprint density at radius 3 is 2.83 bits per heavy atom. The maximum absolute atomic E-state index is 12.5. The van der Waals surface area contributed by atoms with E-state index in [0.29, 0.717) is 23.8 Å². The highest BCUT2D eigenvalue weighted by Crippen LogP contribution is 2.42. The minimum Gasteiger partial charge on any atom is -0.355 e. The van der Waals surface area contributed by atoms with Crippen molar-refractivity contribution in [2.75, 3.05) is 0 Å². The topological polar surface area (TPSA) is 55.1 Å². The van der Waals surface area contributed by atoms with Crippen LogP contribution in [0.5, 0.6) is 0 Å². The van der Waals surface area contributed by atoms with E-state index in [0.717, 1.165) is 21.6 Å². The summed E-state index contributed by atoms with van der Waals surface area (Å²) in [6.07, 6.45) is 0. The van der Waals surface area contributed by atoms with Gasteiger partial charge in [-0.3, -0.25) is 4.79 Å². The lowest BCUT2D eigenvalue weighted by molar-refractivity contribution is 0.0941. The Bertz CT molecular complexity index is 900. The number of thioether (sulfide) groups is 1. The molecular weight excluding hydrogens is 320 g/mol. The molecule has 0 aliphatic carbocycles. The first-order valence-electron chi connectivity index (χ1n) is 7.77. The van der Waals surface area contributed by atoms with Gasteiger partial charge in [-0.1, -0.05) is 47.1 Å². The largest absolute Gasteiger partial charge is 0.355 e. The van der Waals surface area contributed by atoms with Gasteiger partial charge >= 0.3 is 0 Å². The molecule has 1 amide bonds. The third-order valence-corrected chi connectivity index (χ3v) is 5.18. The molecule has 2 aromatic carbocycles. The number of carbonyl (C=O) groups is 1. The van der Waals surface area contributed by atoms with Crippen LogP contribution in [0.2, 0.25) is 0 Å². The number of nitrogens with one attached hydrogen (secondary N) is 1. The van der Waals surface area contributed by atoms with Crippen molar-refractivity contribution in [3.05, 3.63) is 70.9 Å². The summed E-state index contributed by atoms with van der Waals surface area (Å²) in [5.41, 5.74) is 4.53. The van der Waals surface area contributed by atoms with Crippen LogP contribution in [-0.2, 0) is 12.3 Å². The van der Waals surface area contributed by atoms with Crippen LogP contribution in [0.25, 0.3) is 11.3 Å². The van der Waals surface area contributed by atoms with Crippen molar-refractivity contribution in [3.63, 3.8) is 0 Å². The van der Waals surface area contributed by atoms with Crippen LogP contribution in [0, 0.1) is 6.92 Å². The molecule has 1 aliphatic rings. The molecule has 4 rings (SSSR count). The molecule has 1 aliphatic heterocycles. The van der Waals surface area contributed by atoms with Gasteiger partial charge < -0.3 is 9.84 Å². The molecule has 1 aromatic heterocycles. The fourth-order valence-corrected chi connectivity index (χ4v) is 3.79. The van der Waals surface area contributed by atoms with E-state index in [2.05, 4.69) is 16.5 Å². The molecule has 4 nitrogen and oxygen atoms in total. The Morgan fingerprint density at radius 1 is 1.21 bits per heavy atom. The standard InChI is InChI=1S/C19H16N2O2S/c1-12-6-8-13(9-7-12)10-20-19(22)17-15-11-24-16-5-3-2-4-14(16)18(15)23-21-17/h2-9H,10-11H2,1H3,(H,20,22). The first-order valence-corrected chi connectivity index (χ1v) is 8.75. The summed E-state index contributed by atoms with van der Waals surface area (Å²) in [6.45, 7) is 2.52. The smallest absolute Gasteiger partial charge is 0.274 e. The predicted octanol–water partition coefficient (Wildman–Crippen LogP) is 4.19. The van der Waals surface area contributed by atoms with E-state index in [1.165, 1.54) is 5.56 Å². The number of nitrogens with zero attached hydrogens (tertiary/aromatic N) is 1. The lowest BCUT2D eigenvalue weighted by Crippen LogP contribution is -2.24. The van der Waals surface area contributed by atoms with Crippen LogP contribution in [-0.4, -0.2) is 11.1 Å². The molecule has 0 saturated heterocycles. The van der Waals surface area contributed by atoms with E-state index in [1.54, 1.807) is 11.8 Å². The van der Waals surface area contributed by atoms with E-state index in [4.69, 9.17) is 4.52 Å². The highest BCUT2D eigenvalue weighted by atomic mass is 32.2. The van der Waals surface area contributed by atoms with E-state index >= 15 is 0 Å². The van der Waals surface area contributed by atoms with Gasteiger partial charge in [-0.15, -0.1) is 11.8 Å². The third kappa shape index (κ3) is 2.71. The number of benzene rings is 2. The number of amides is 1. The highest BCUT2D eigenvalue weighted by Gasteiger charge is 2.27. The van der Waals surface area contributed by atoms with Gasteiger partial charge in [-0.25, -0.2) is 0 Å². The van der Waals surface area contributed by atoms with Crippen molar-refractivity contribution in [2.45, 2.75) is 24.1 Å². The number of aromatic nitrogens is 1. The van der Waals surface area contributed by atoms with Crippen molar-refractivity contribution >= 4 is 17.7 Å². The van der Waals surface area contributed by atoms with Crippen molar-refractivity contribution in [3.8, 4) is 11.3 Å². The lowest BCUT2D eigenvalue weighted by Gasteiger charge is -2.13. The minimum absolute atomic E-state index is 0.194. The Labute approximate surface area is 144 Å². The highest BCUT2D eigenvalue weighted by molar-refractivity contribution is 7.98. The molecule has 0 bridgehead atoms.